The molecule has 5 nitrogen and oxygen atoms in total. The fourth-order valence-corrected chi connectivity index (χ4v) is 4.28. The Kier molecular flexibility index (Phi) is 2.77. The van der Waals surface area contributed by atoms with Crippen molar-refractivity contribution in [2.24, 2.45) is 5.92 Å². The van der Waals surface area contributed by atoms with Crippen molar-refractivity contribution in [1.82, 2.24) is 9.78 Å². The Labute approximate surface area is 106 Å². The molecular formula is C12H16N2O3S. The molecule has 6 heteroatoms. The second-order valence-electron chi connectivity index (χ2n) is 5.25. The van der Waals surface area contributed by atoms with Crippen LogP contribution in [0.15, 0.2) is 11.2 Å². The van der Waals surface area contributed by atoms with E-state index in [0.29, 0.717) is 31.6 Å². The highest BCUT2D eigenvalue weighted by Gasteiger charge is 2.40. The Balaban J connectivity index is 1.98. The maximum absolute atomic E-state index is 12.3. The van der Waals surface area contributed by atoms with E-state index in [-0.39, 0.29) is 15.8 Å². The van der Waals surface area contributed by atoms with Gasteiger partial charge in [0.2, 0.25) is 0 Å². The zero-order chi connectivity index (χ0) is 12.8. The van der Waals surface area contributed by atoms with Gasteiger partial charge in [-0.1, -0.05) is 6.42 Å². The van der Waals surface area contributed by atoms with Crippen LogP contribution in [0.25, 0.3) is 0 Å². The second-order valence-corrected chi connectivity index (χ2v) is 7.39. The third-order valence-corrected chi connectivity index (χ3v) is 6.17. The van der Waals surface area contributed by atoms with Gasteiger partial charge in [-0.3, -0.25) is 9.48 Å². The molecule has 0 unspecified atom stereocenters. The zero-order valence-corrected chi connectivity index (χ0v) is 10.9. The average molecular weight is 268 g/mol. The monoisotopic (exact) mass is 268 g/mol. The van der Waals surface area contributed by atoms with Gasteiger partial charge in [-0.05, 0) is 31.6 Å². The summed E-state index contributed by atoms with van der Waals surface area (Å²) in [6.45, 7) is 0.620. The molecule has 0 amide bonds. The zero-order valence-electron chi connectivity index (χ0n) is 10.1. The van der Waals surface area contributed by atoms with Gasteiger partial charge in [0.25, 0.3) is 0 Å². The van der Waals surface area contributed by atoms with E-state index in [4.69, 9.17) is 0 Å². The number of carbonyl (C=O) groups is 1. The molecule has 1 aromatic rings. The van der Waals surface area contributed by atoms with Crippen molar-refractivity contribution in [1.29, 1.82) is 0 Å². The molecule has 2 saturated carbocycles. The van der Waals surface area contributed by atoms with Crippen molar-refractivity contribution >= 4 is 16.1 Å². The average Bonchev–Trinajstić information content (AvgIpc) is 3.05. The largest absolute Gasteiger partial charge is 0.298 e. The quantitative estimate of drug-likeness (QED) is 0.758. The lowest BCUT2D eigenvalue weighted by Crippen LogP contribution is -2.23. The summed E-state index contributed by atoms with van der Waals surface area (Å²) in [6.07, 6.45) is 6.83. The van der Waals surface area contributed by atoms with Crippen molar-refractivity contribution in [2.45, 2.75) is 48.9 Å². The van der Waals surface area contributed by atoms with Crippen LogP contribution in [0.4, 0.5) is 0 Å². The van der Waals surface area contributed by atoms with Gasteiger partial charge in [-0.2, -0.15) is 5.10 Å². The molecule has 0 bridgehead atoms. The molecule has 18 heavy (non-hydrogen) atoms. The Hall–Kier alpha value is -1.17. The molecule has 1 heterocycles. The lowest BCUT2D eigenvalue weighted by Gasteiger charge is -2.25. The summed E-state index contributed by atoms with van der Waals surface area (Å²) in [4.78, 5) is 11.0. The predicted octanol–water partition coefficient (Wildman–Crippen LogP) is 1.43. The summed E-state index contributed by atoms with van der Waals surface area (Å²) >= 11 is 0. The number of hydrogen-bond donors (Lipinski definition) is 0. The third-order valence-electron chi connectivity index (χ3n) is 3.83. The SMILES string of the molecule is O=Cc1cnn(CC2CCC2)c1S(=O)(=O)C1CC1. The fraction of sp³-hybridized carbons (Fsp3) is 0.667. The number of hydrogen-bond acceptors (Lipinski definition) is 4. The molecule has 3 rings (SSSR count). The van der Waals surface area contributed by atoms with Gasteiger partial charge in [0.1, 0.15) is 0 Å². The van der Waals surface area contributed by atoms with Crippen LogP contribution < -0.4 is 0 Å². The van der Waals surface area contributed by atoms with Crippen LogP contribution >= 0.6 is 0 Å². The summed E-state index contributed by atoms with van der Waals surface area (Å²) in [5.74, 6) is 0.512. The van der Waals surface area contributed by atoms with Crippen molar-refractivity contribution in [3.63, 3.8) is 0 Å². The van der Waals surface area contributed by atoms with Gasteiger partial charge in [-0.25, -0.2) is 8.42 Å². The van der Waals surface area contributed by atoms with Crippen LogP contribution in [0.2, 0.25) is 0 Å². The van der Waals surface area contributed by atoms with Crippen LogP contribution in [0.1, 0.15) is 42.5 Å². The van der Waals surface area contributed by atoms with Gasteiger partial charge in [0, 0.05) is 6.54 Å². The highest BCUT2D eigenvalue weighted by atomic mass is 32.2. The lowest BCUT2D eigenvalue weighted by molar-refractivity contribution is 0.111. The van der Waals surface area contributed by atoms with Crippen LogP contribution in [-0.2, 0) is 16.4 Å². The maximum Gasteiger partial charge on any atom is 0.198 e. The molecule has 0 aromatic carbocycles. The topological polar surface area (TPSA) is 69.0 Å². The smallest absolute Gasteiger partial charge is 0.198 e. The van der Waals surface area contributed by atoms with Gasteiger partial charge < -0.3 is 0 Å². The van der Waals surface area contributed by atoms with Crippen LogP contribution in [0.3, 0.4) is 0 Å². The molecule has 2 fully saturated rings. The van der Waals surface area contributed by atoms with E-state index in [1.807, 2.05) is 0 Å². The van der Waals surface area contributed by atoms with Crippen molar-refractivity contribution in [3.05, 3.63) is 11.8 Å². The normalized spacial score (nSPS) is 20.7. The molecule has 2 aliphatic rings. The van der Waals surface area contributed by atoms with Gasteiger partial charge in [0.05, 0.1) is 17.0 Å². The minimum atomic E-state index is -3.36. The van der Waals surface area contributed by atoms with Gasteiger partial charge >= 0.3 is 0 Å². The van der Waals surface area contributed by atoms with E-state index in [9.17, 15) is 13.2 Å². The Morgan fingerprint density at radius 3 is 2.56 bits per heavy atom. The minimum Gasteiger partial charge on any atom is -0.298 e. The van der Waals surface area contributed by atoms with E-state index in [2.05, 4.69) is 5.10 Å². The highest BCUT2D eigenvalue weighted by molar-refractivity contribution is 7.92. The molecule has 0 atom stereocenters. The first-order valence-corrected chi connectivity index (χ1v) is 7.92. The maximum atomic E-state index is 12.3. The molecule has 98 valence electrons. The molecule has 0 aliphatic heterocycles. The molecule has 1 aromatic heterocycles. The van der Waals surface area contributed by atoms with Crippen LogP contribution in [0.5, 0.6) is 0 Å². The van der Waals surface area contributed by atoms with Crippen molar-refractivity contribution in [3.8, 4) is 0 Å². The van der Waals surface area contributed by atoms with E-state index in [0.717, 1.165) is 12.8 Å². The summed E-state index contributed by atoms with van der Waals surface area (Å²) < 4.78 is 26.2. The highest BCUT2D eigenvalue weighted by Crippen LogP contribution is 2.36. The van der Waals surface area contributed by atoms with E-state index >= 15 is 0 Å². The number of sulfone groups is 1. The molecule has 0 saturated heterocycles. The number of aldehydes is 1. The van der Waals surface area contributed by atoms with Crippen LogP contribution in [-0.4, -0.2) is 29.7 Å². The van der Waals surface area contributed by atoms with E-state index < -0.39 is 9.84 Å². The summed E-state index contributed by atoms with van der Waals surface area (Å²) in [5, 5.41) is 3.94. The lowest BCUT2D eigenvalue weighted by atomic mass is 9.85. The summed E-state index contributed by atoms with van der Waals surface area (Å²) in [6, 6.07) is 0. The summed E-state index contributed by atoms with van der Waals surface area (Å²) in [7, 11) is -3.36. The molecule has 2 aliphatic carbocycles. The first kappa shape index (κ1) is 11.9. The predicted molar refractivity (Wildman–Crippen MR) is 65.2 cm³/mol. The number of rotatable bonds is 5. The number of nitrogens with zero attached hydrogens (tertiary/aromatic N) is 2. The number of carbonyl (C=O) groups excluding carboxylic acids is 1. The summed E-state index contributed by atoms with van der Waals surface area (Å²) in [5.41, 5.74) is 0.209. The second kappa shape index (κ2) is 4.19. The standard InChI is InChI=1S/C12H16N2O3S/c15-8-10-6-13-14(7-9-2-1-3-9)12(10)18(16,17)11-4-5-11/h6,8-9,11H,1-5,7H2. The van der Waals surface area contributed by atoms with Crippen molar-refractivity contribution in [2.75, 3.05) is 0 Å². The molecule has 0 spiro atoms. The Bertz CT molecular complexity index is 568. The fourth-order valence-electron chi connectivity index (χ4n) is 2.37. The number of aromatic nitrogens is 2. The first-order valence-electron chi connectivity index (χ1n) is 6.38. The van der Waals surface area contributed by atoms with Crippen molar-refractivity contribution < 1.29 is 13.2 Å². The Morgan fingerprint density at radius 1 is 1.33 bits per heavy atom. The van der Waals surface area contributed by atoms with Crippen LogP contribution in [0, 0.1) is 5.92 Å². The van der Waals surface area contributed by atoms with Gasteiger partial charge in [-0.15, -0.1) is 0 Å². The van der Waals surface area contributed by atoms with E-state index in [1.165, 1.54) is 17.3 Å². The minimum absolute atomic E-state index is 0.145. The first-order chi connectivity index (χ1) is 8.63. The van der Waals surface area contributed by atoms with E-state index in [1.54, 1.807) is 0 Å². The molecular weight excluding hydrogens is 252 g/mol. The molecule has 0 radical (unpaired) electrons. The third kappa shape index (κ3) is 1.88. The van der Waals surface area contributed by atoms with Gasteiger partial charge in [0.15, 0.2) is 21.1 Å². The Morgan fingerprint density at radius 2 is 2.06 bits per heavy atom. The molecule has 0 N–H and O–H groups in total.